The molecule has 174 valence electrons. The largest absolute Gasteiger partial charge is 0.497 e. The number of likely N-dealkylation sites (N-methyl/N-ethyl adjacent to an activating group) is 1. The third-order valence-corrected chi connectivity index (χ3v) is 6.28. The number of fused-ring (bicyclic) bond motifs is 1. The second-order valence-electron chi connectivity index (χ2n) is 8.55. The Kier molecular flexibility index (Phi) is 6.18. The van der Waals surface area contributed by atoms with Crippen molar-refractivity contribution in [3.8, 4) is 22.6 Å². The Morgan fingerprint density at radius 1 is 0.706 bits per heavy atom. The van der Waals surface area contributed by atoms with Crippen molar-refractivity contribution in [1.82, 2.24) is 14.9 Å². The standard InChI is InChI=1S/C27H29N5O2/c1-31-8-10-32(11-9-31)23-6-7-26(29-18-23)30-27-15-20-5-4-19(12-22(20)17-28-27)21-13-24(33-2)16-25(14-21)34-3/h4-7,12-18H,8-11H2,1-3H3,(H,28,29,30). The van der Waals surface area contributed by atoms with Crippen LogP contribution in [-0.4, -0.2) is 62.3 Å². The minimum atomic E-state index is 0.762. The zero-order valence-electron chi connectivity index (χ0n) is 19.8. The van der Waals surface area contributed by atoms with Crippen LogP contribution in [0.3, 0.4) is 0 Å². The molecule has 0 radical (unpaired) electrons. The summed E-state index contributed by atoms with van der Waals surface area (Å²) in [5.41, 5.74) is 3.27. The molecule has 7 nitrogen and oxygen atoms in total. The summed E-state index contributed by atoms with van der Waals surface area (Å²) in [5, 5.41) is 5.49. The highest BCUT2D eigenvalue weighted by Crippen LogP contribution is 2.32. The molecule has 0 aliphatic carbocycles. The highest BCUT2D eigenvalue weighted by atomic mass is 16.5. The molecule has 0 spiro atoms. The third-order valence-electron chi connectivity index (χ3n) is 6.28. The van der Waals surface area contributed by atoms with E-state index in [0.29, 0.717) is 0 Å². The fraction of sp³-hybridized carbons (Fsp3) is 0.259. The van der Waals surface area contributed by atoms with Gasteiger partial charge in [-0.25, -0.2) is 9.97 Å². The van der Waals surface area contributed by atoms with Gasteiger partial charge in [0.15, 0.2) is 0 Å². The zero-order valence-corrected chi connectivity index (χ0v) is 19.8. The Morgan fingerprint density at radius 3 is 2.12 bits per heavy atom. The van der Waals surface area contributed by atoms with Crippen LogP contribution >= 0.6 is 0 Å². The molecule has 2 aromatic heterocycles. The van der Waals surface area contributed by atoms with Gasteiger partial charge in [0.2, 0.25) is 0 Å². The second-order valence-corrected chi connectivity index (χ2v) is 8.55. The van der Waals surface area contributed by atoms with Gasteiger partial charge < -0.3 is 24.6 Å². The topological polar surface area (TPSA) is 62.8 Å². The van der Waals surface area contributed by atoms with E-state index in [9.17, 15) is 0 Å². The maximum atomic E-state index is 5.41. The first kappa shape index (κ1) is 22.0. The molecule has 7 heteroatoms. The van der Waals surface area contributed by atoms with Crippen LogP contribution in [0.5, 0.6) is 11.5 Å². The van der Waals surface area contributed by atoms with Gasteiger partial charge in [0.25, 0.3) is 0 Å². The van der Waals surface area contributed by atoms with E-state index in [1.54, 1.807) is 14.2 Å². The molecule has 4 aromatic rings. The van der Waals surface area contributed by atoms with E-state index in [1.807, 2.05) is 42.7 Å². The molecule has 0 bridgehead atoms. The molecule has 1 N–H and O–H groups in total. The Morgan fingerprint density at radius 2 is 1.44 bits per heavy atom. The Bertz CT molecular complexity index is 1260. The molecule has 1 fully saturated rings. The Labute approximate surface area is 200 Å². The predicted molar refractivity (Wildman–Crippen MR) is 138 cm³/mol. The molecule has 1 saturated heterocycles. The molecular weight excluding hydrogens is 426 g/mol. The molecule has 1 aliphatic heterocycles. The van der Waals surface area contributed by atoms with Crippen molar-refractivity contribution < 1.29 is 9.47 Å². The first-order valence-corrected chi connectivity index (χ1v) is 11.4. The number of hydrogen-bond donors (Lipinski definition) is 1. The molecule has 2 aromatic carbocycles. The van der Waals surface area contributed by atoms with Crippen LogP contribution in [-0.2, 0) is 0 Å². The van der Waals surface area contributed by atoms with Gasteiger partial charge in [0.1, 0.15) is 23.1 Å². The van der Waals surface area contributed by atoms with E-state index < -0.39 is 0 Å². The second kappa shape index (κ2) is 9.57. The summed E-state index contributed by atoms with van der Waals surface area (Å²) in [5.74, 6) is 3.07. The third kappa shape index (κ3) is 4.75. The van der Waals surface area contributed by atoms with Crippen LogP contribution in [0.4, 0.5) is 17.3 Å². The van der Waals surface area contributed by atoms with Crippen molar-refractivity contribution in [3.05, 3.63) is 67.0 Å². The monoisotopic (exact) mass is 455 g/mol. The van der Waals surface area contributed by atoms with Gasteiger partial charge in [-0.05, 0) is 60.0 Å². The number of ether oxygens (including phenoxy) is 2. The summed E-state index contributed by atoms with van der Waals surface area (Å²) in [6, 6.07) is 18.4. The smallest absolute Gasteiger partial charge is 0.132 e. The average Bonchev–Trinajstić information content (AvgIpc) is 2.89. The van der Waals surface area contributed by atoms with E-state index in [2.05, 4.69) is 56.4 Å². The van der Waals surface area contributed by atoms with Crippen molar-refractivity contribution >= 4 is 28.1 Å². The summed E-state index contributed by atoms with van der Waals surface area (Å²) in [6.07, 6.45) is 3.82. The molecule has 3 heterocycles. The lowest BCUT2D eigenvalue weighted by atomic mass is 10.0. The van der Waals surface area contributed by atoms with Crippen LogP contribution in [0.25, 0.3) is 21.9 Å². The van der Waals surface area contributed by atoms with E-state index in [0.717, 1.165) is 76.9 Å². The molecular formula is C27H29N5O2. The lowest BCUT2D eigenvalue weighted by molar-refractivity contribution is 0.313. The predicted octanol–water partition coefficient (Wildman–Crippen LogP) is 4.81. The molecule has 0 saturated carbocycles. The van der Waals surface area contributed by atoms with Crippen molar-refractivity contribution in [2.24, 2.45) is 0 Å². The molecule has 0 unspecified atom stereocenters. The number of methoxy groups -OCH3 is 2. The summed E-state index contributed by atoms with van der Waals surface area (Å²) >= 11 is 0. The van der Waals surface area contributed by atoms with Crippen molar-refractivity contribution in [1.29, 1.82) is 0 Å². The summed E-state index contributed by atoms with van der Waals surface area (Å²) in [4.78, 5) is 13.9. The number of piperazine rings is 1. The van der Waals surface area contributed by atoms with Crippen LogP contribution < -0.4 is 19.7 Å². The lowest BCUT2D eigenvalue weighted by Gasteiger charge is -2.33. The van der Waals surface area contributed by atoms with Crippen LogP contribution in [0, 0.1) is 0 Å². The van der Waals surface area contributed by atoms with Gasteiger partial charge in [-0.2, -0.15) is 0 Å². The van der Waals surface area contributed by atoms with Gasteiger partial charge in [-0.1, -0.05) is 12.1 Å². The average molecular weight is 456 g/mol. The SMILES string of the molecule is COc1cc(OC)cc(-c2ccc3cc(Nc4ccc(N5CCN(C)CC5)cn4)ncc3c2)c1. The van der Waals surface area contributed by atoms with Crippen LogP contribution in [0.15, 0.2) is 67.0 Å². The number of nitrogens with one attached hydrogen (secondary N) is 1. The summed E-state index contributed by atoms with van der Waals surface area (Å²) in [7, 11) is 5.48. The molecule has 0 amide bonds. The number of rotatable bonds is 6. The Balaban J connectivity index is 1.33. The summed E-state index contributed by atoms with van der Waals surface area (Å²) in [6.45, 7) is 4.21. The zero-order chi connectivity index (χ0) is 23.5. The van der Waals surface area contributed by atoms with Gasteiger partial charge in [-0.15, -0.1) is 0 Å². The van der Waals surface area contributed by atoms with Gasteiger partial charge in [-0.3, -0.25) is 0 Å². The maximum absolute atomic E-state index is 5.41. The van der Waals surface area contributed by atoms with E-state index in [4.69, 9.17) is 9.47 Å². The van der Waals surface area contributed by atoms with E-state index in [-0.39, 0.29) is 0 Å². The van der Waals surface area contributed by atoms with Gasteiger partial charge in [0.05, 0.1) is 26.1 Å². The lowest BCUT2D eigenvalue weighted by Crippen LogP contribution is -2.44. The number of hydrogen-bond acceptors (Lipinski definition) is 7. The molecule has 5 rings (SSSR count). The van der Waals surface area contributed by atoms with Gasteiger partial charge >= 0.3 is 0 Å². The van der Waals surface area contributed by atoms with Crippen molar-refractivity contribution in [2.45, 2.75) is 0 Å². The molecule has 34 heavy (non-hydrogen) atoms. The van der Waals surface area contributed by atoms with Crippen LogP contribution in [0.1, 0.15) is 0 Å². The van der Waals surface area contributed by atoms with Gasteiger partial charge in [0, 0.05) is 43.8 Å². The number of pyridine rings is 2. The quantitative estimate of drug-likeness (QED) is 0.448. The number of aromatic nitrogens is 2. The highest BCUT2D eigenvalue weighted by Gasteiger charge is 2.14. The summed E-state index contributed by atoms with van der Waals surface area (Å²) < 4.78 is 10.8. The van der Waals surface area contributed by atoms with Crippen molar-refractivity contribution in [3.63, 3.8) is 0 Å². The minimum absolute atomic E-state index is 0.762. The number of nitrogens with zero attached hydrogens (tertiary/aromatic N) is 4. The normalized spacial score (nSPS) is 14.3. The van der Waals surface area contributed by atoms with E-state index in [1.165, 1.54) is 0 Å². The fourth-order valence-corrected chi connectivity index (χ4v) is 4.21. The number of anilines is 3. The number of benzene rings is 2. The fourth-order valence-electron chi connectivity index (χ4n) is 4.21. The first-order valence-electron chi connectivity index (χ1n) is 11.4. The van der Waals surface area contributed by atoms with Crippen molar-refractivity contribution in [2.75, 3.05) is 57.7 Å². The molecule has 0 atom stereocenters. The molecule has 1 aliphatic rings. The van der Waals surface area contributed by atoms with Crippen LogP contribution in [0.2, 0.25) is 0 Å². The Hall–Kier alpha value is -3.84. The highest BCUT2D eigenvalue weighted by molar-refractivity contribution is 5.89. The maximum Gasteiger partial charge on any atom is 0.132 e. The first-order chi connectivity index (χ1) is 16.6. The van der Waals surface area contributed by atoms with E-state index >= 15 is 0 Å². The minimum Gasteiger partial charge on any atom is -0.497 e.